The monoisotopic (exact) mass is 615 g/mol. The number of imidazole rings is 1. The van der Waals surface area contributed by atoms with Gasteiger partial charge >= 0.3 is 0 Å². The number of H-pyrrole nitrogens is 1. The lowest BCUT2D eigenvalue weighted by atomic mass is 10.0. The molecule has 5 amide bonds. The van der Waals surface area contributed by atoms with Gasteiger partial charge in [-0.15, -0.1) is 0 Å². The number of nitrogens with zero attached hydrogens (tertiary/aromatic N) is 1. The van der Waals surface area contributed by atoms with Crippen molar-refractivity contribution in [1.29, 1.82) is 0 Å². The number of rotatable bonds is 4. The summed E-state index contributed by atoms with van der Waals surface area (Å²) in [5, 5.41) is 13.8. The van der Waals surface area contributed by atoms with Crippen molar-refractivity contribution in [3.8, 4) is 5.75 Å². The van der Waals surface area contributed by atoms with Crippen LogP contribution in [0.15, 0.2) is 60.8 Å². The number of aromatic nitrogens is 2. The minimum atomic E-state index is -1.06. The van der Waals surface area contributed by atoms with Crippen LogP contribution in [0.3, 0.4) is 0 Å². The number of ether oxygens (including phenoxy) is 1. The zero-order valence-electron chi connectivity index (χ0n) is 25.1. The summed E-state index contributed by atoms with van der Waals surface area (Å²) in [5.41, 5.74) is 0.672. The van der Waals surface area contributed by atoms with Crippen LogP contribution in [-0.2, 0) is 32.0 Å². The lowest BCUT2D eigenvalue weighted by Crippen LogP contribution is -2.59. The lowest BCUT2D eigenvalue weighted by molar-refractivity contribution is -0.134. The van der Waals surface area contributed by atoms with Crippen molar-refractivity contribution in [3.05, 3.63) is 83.4 Å². The number of carbonyl (C=O) groups excluding carboxylic acids is 5. The largest absolute Gasteiger partial charge is 0.492 e. The quantitative estimate of drug-likeness (QED) is 0.230. The van der Waals surface area contributed by atoms with Crippen LogP contribution in [0.2, 0.25) is 0 Å². The molecule has 0 saturated heterocycles. The fourth-order valence-electron chi connectivity index (χ4n) is 5.03. The average Bonchev–Trinajstić information content (AvgIpc) is 3.68. The molecule has 0 unspecified atom stereocenters. The van der Waals surface area contributed by atoms with Crippen LogP contribution >= 0.6 is 0 Å². The number of carbonyl (C=O) groups is 5. The molecule has 1 spiro atoms. The Morgan fingerprint density at radius 1 is 0.978 bits per heavy atom. The van der Waals surface area contributed by atoms with E-state index < -0.39 is 47.3 Å². The third-order valence-electron chi connectivity index (χ3n) is 7.80. The van der Waals surface area contributed by atoms with Gasteiger partial charge in [0.15, 0.2) is 0 Å². The number of nitrogens with one attached hydrogen (secondary N) is 6. The van der Waals surface area contributed by atoms with E-state index in [0.29, 0.717) is 24.4 Å². The Morgan fingerprint density at radius 3 is 2.38 bits per heavy atom. The van der Waals surface area contributed by atoms with E-state index in [2.05, 4.69) is 36.6 Å². The number of hydrogen-bond donors (Lipinski definition) is 6. The van der Waals surface area contributed by atoms with Gasteiger partial charge in [0, 0.05) is 12.8 Å². The van der Waals surface area contributed by atoms with Gasteiger partial charge in [0.05, 0.1) is 12.7 Å². The fraction of sp³-hybridized carbons (Fsp3) is 0.375. The molecular weight excluding hydrogens is 578 g/mol. The molecule has 2 aromatic carbocycles. The van der Waals surface area contributed by atoms with E-state index in [-0.39, 0.29) is 37.6 Å². The zero-order chi connectivity index (χ0) is 32.0. The maximum Gasteiger partial charge on any atom is 0.270 e. The molecule has 0 radical (unpaired) electrons. The third kappa shape index (κ3) is 8.05. The number of aryl methyl sites for hydroxylation is 1. The first-order chi connectivity index (χ1) is 21.6. The molecule has 2 aliphatic heterocycles. The Hall–Kier alpha value is -5.20. The van der Waals surface area contributed by atoms with E-state index in [0.717, 1.165) is 11.1 Å². The molecule has 1 saturated carbocycles. The van der Waals surface area contributed by atoms with Crippen molar-refractivity contribution in [1.82, 2.24) is 36.6 Å². The van der Waals surface area contributed by atoms with Crippen LogP contribution in [0.5, 0.6) is 5.75 Å². The van der Waals surface area contributed by atoms with Crippen molar-refractivity contribution < 1.29 is 28.7 Å². The van der Waals surface area contributed by atoms with Crippen LogP contribution in [0, 0.1) is 6.92 Å². The maximum atomic E-state index is 13.5. The van der Waals surface area contributed by atoms with E-state index in [4.69, 9.17) is 4.74 Å². The summed E-state index contributed by atoms with van der Waals surface area (Å²) in [6.45, 7) is 3.62. The van der Waals surface area contributed by atoms with Gasteiger partial charge < -0.3 is 36.3 Å². The maximum absolute atomic E-state index is 13.5. The topological polar surface area (TPSA) is 183 Å². The second kappa shape index (κ2) is 13.6. The predicted octanol–water partition coefficient (Wildman–Crippen LogP) is 0.449. The standard InChI is InChI=1S/C32H37N7O6/c1-19-27(40)37-25(16-21-6-4-3-5-7-21)30(43)39-32(12-13-32)31(44)33-14-15-45-23-10-8-22(9-11-23)17-24(28(41)35-19)38-29(42)26-18-34-20(2)36-26/h3-11,18-19,24-25H,12-17H2,1-2H3,(H,33,44)(H,34,36)(H,35,41)(H,37,40)(H,38,42)(H,39,43)/t19-,24-,25+/m0/s1. The summed E-state index contributed by atoms with van der Waals surface area (Å²) in [7, 11) is 0. The molecule has 3 aliphatic rings. The van der Waals surface area contributed by atoms with Gasteiger partial charge in [0.25, 0.3) is 5.91 Å². The molecule has 1 fully saturated rings. The van der Waals surface area contributed by atoms with E-state index in [1.807, 2.05) is 30.3 Å². The van der Waals surface area contributed by atoms with Crippen molar-refractivity contribution in [2.24, 2.45) is 0 Å². The van der Waals surface area contributed by atoms with E-state index in [1.54, 1.807) is 31.2 Å². The molecule has 3 aromatic rings. The highest BCUT2D eigenvalue weighted by atomic mass is 16.5. The third-order valence-corrected chi connectivity index (χ3v) is 7.80. The molecule has 1 aromatic heterocycles. The highest BCUT2D eigenvalue weighted by molar-refractivity contribution is 5.99. The molecule has 1 aliphatic carbocycles. The van der Waals surface area contributed by atoms with Crippen LogP contribution in [-0.4, -0.2) is 76.3 Å². The predicted molar refractivity (Wildman–Crippen MR) is 163 cm³/mol. The van der Waals surface area contributed by atoms with Crippen molar-refractivity contribution in [3.63, 3.8) is 0 Å². The molecule has 3 atom stereocenters. The first-order valence-electron chi connectivity index (χ1n) is 14.9. The lowest BCUT2D eigenvalue weighted by Gasteiger charge is -2.25. The van der Waals surface area contributed by atoms with Crippen LogP contribution in [0.1, 0.15) is 47.2 Å². The highest BCUT2D eigenvalue weighted by Gasteiger charge is 2.51. The van der Waals surface area contributed by atoms with E-state index >= 15 is 0 Å². The first-order valence-corrected chi connectivity index (χ1v) is 14.9. The first kappa shape index (κ1) is 31.2. The molecule has 13 heteroatoms. The van der Waals surface area contributed by atoms with Gasteiger partial charge in [-0.3, -0.25) is 24.0 Å². The highest BCUT2D eigenvalue weighted by Crippen LogP contribution is 2.35. The number of amides is 5. The minimum Gasteiger partial charge on any atom is -0.492 e. The second-order valence-electron chi connectivity index (χ2n) is 11.4. The summed E-state index contributed by atoms with van der Waals surface area (Å²) >= 11 is 0. The Labute approximate surface area is 260 Å². The molecule has 236 valence electrons. The Kier molecular flexibility index (Phi) is 9.45. The van der Waals surface area contributed by atoms with Crippen molar-refractivity contribution >= 4 is 29.5 Å². The van der Waals surface area contributed by atoms with Gasteiger partial charge in [0.2, 0.25) is 23.6 Å². The summed E-state index contributed by atoms with van der Waals surface area (Å²) in [5.74, 6) is -1.44. The number of hydrogen-bond acceptors (Lipinski definition) is 7. The van der Waals surface area contributed by atoms with Gasteiger partial charge in [0.1, 0.15) is 47.5 Å². The molecule has 3 heterocycles. The smallest absolute Gasteiger partial charge is 0.270 e. The van der Waals surface area contributed by atoms with Gasteiger partial charge in [-0.25, -0.2) is 4.98 Å². The molecule has 45 heavy (non-hydrogen) atoms. The number of fused-ring (bicyclic) bond motifs is 15. The average molecular weight is 616 g/mol. The second-order valence-corrected chi connectivity index (χ2v) is 11.4. The molecule has 13 nitrogen and oxygen atoms in total. The van der Waals surface area contributed by atoms with Gasteiger partial charge in [-0.2, -0.15) is 0 Å². The van der Waals surface area contributed by atoms with Crippen molar-refractivity contribution in [2.75, 3.05) is 13.2 Å². The van der Waals surface area contributed by atoms with Gasteiger partial charge in [-0.1, -0.05) is 42.5 Å². The minimum absolute atomic E-state index is 0.122. The van der Waals surface area contributed by atoms with Crippen molar-refractivity contribution in [2.45, 2.75) is 63.2 Å². The zero-order valence-corrected chi connectivity index (χ0v) is 25.1. The molecule has 6 rings (SSSR count). The normalized spacial score (nSPS) is 22.3. The summed E-state index contributed by atoms with van der Waals surface area (Å²) in [6.07, 6.45) is 2.61. The van der Waals surface area contributed by atoms with Crippen LogP contribution in [0.4, 0.5) is 0 Å². The Morgan fingerprint density at radius 2 is 1.71 bits per heavy atom. The Bertz CT molecular complexity index is 1550. The summed E-state index contributed by atoms with van der Waals surface area (Å²) in [6, 6.07) is 13.1. The molecule has 6 N–H and O–H groups in total. The summed E-state index contributed by atoms with van der Waals surface area (Å²) in [4.78, 5) is 73.3. The summed E-state index contributed by atoms with van der Waals surface area (Å²) < 4.78 is 5.77. The Balaban J connectivity index is 1.38. The SMILES string of the molecule is Cc1ncc(C(=O)N[C@H]2Cc3ccc(cc3)OCCNC(=O)C3(CC3)NC(=O)[C@@H](Cc3ccccc3)NC(=O)[C@H](C)NC2=O)[nH]1. The number of benzene rings is 2. The number of aromatic amines is 1. The van der Waals surface area contributed by atoms with Crippen LogP contribution < -0.4 is 31.3 Å². The molecule has 2 bridgehead atoms. The fourth-order valence-corrected chi connectivity index (χ4v) is 5.03. The van der Waals surface area contributed by atoms with Crippen LogP contribution in [0.25, 0.3) is 0 Å². The van der Waals surface area contributed by atoms with E-state index in [1.165, 1.54) is 13.1 Å². The van der Waals surface area contributed by atoms with Gasteiger partial charge in [-0.05, 0) is 49.9 Å². The van der Waals surface area contributed by atoms with E-state index in [9.17, 15) is 24.0 Å². The molecular formula is C32H37N7O6.